The molecule has 0 unspecified atom stereocenters. The third-order valence-electron chi connectivity index (χ3n) is 1.67. The number of sulfone groups is 1. The number of benzene rings is 1. The molecule has 0 aromatic heterocycles. The van der Waals surface area contributed by atoms with Crippen LogP contribution in [0, 0.1) is 17.0 Å². The van der Waals surface area contributed by atoms with Crippen LogP contribution in [0.25, 0.3) is 0 Å². The molecule has 0 heterocycles. The van der Waals surface area contributed by atoms with Gasteiger partial charge in [-0.25, -0.2) is 12.8 Å². The molecule has 0 aliphatic rings. The molecule has 0 saturated heterocycles. The number of halogens is 4. The van der Waals surface area contributed by atoms with Crippen LogP contribution in [0.15, 0.2) is 18.2 Å². The summed E-state index contributed by atoms with van der Waals surface area (Å²) in [5, 5.41) is 1.63. The summed E-state index contributed by atoms with van der Waals surface area (Å²) in [7, 11) is -3.75. The average molecular weight is 266 g/mol. The second-order valence-corrected chi connectivity index (χ2v) is 4.91. The van der Waals surface area contributed by atoms with E-state index in [0.29, 0.717) is 6.07 Å². The molecular weight excluding hydrogens is 260 g/mol. The van der Waals surface area contributed by atoms with E-state index in [1.165, 1.54) is 0 Å². The second-order valence-electron chi connectivity index (χ2n) is 3.16. The van der Waals surface area contributed by atoms with Gasteiger partial charge in [0.2, 0.25) is 9.84 Å². The number of alkyl halides is 3. The van der Waals surface area contributed by atoms with Crippen molar-refractivity contribution in [3.63, 3.8) is 0 Å². The quantitative estimate of drug-likeness (QED) is 0.533. The van der Waals surface area contributed by atoms with Gasteiger partial charge in [0.05, 0.1) is 6.26 Å². The van der Waals surface area contributed by atoms with Crippen LogP contribution in [0.1, 0.15) is 11.1 Å². The Morgan fingerprint density at radius 3 is 2.29 bits per heavy atom. The van der Waals surface area contributed by atoms with Crippen molar-refractivity contribution >= 4 is 9.84 Å². The fraction of sp³-hybridized carbons (Fsp3) is 0.200. The van der Waals surface area contributed by atoms with Gasteiger partial charge in [0.1, 0.15) is 11.4 Å². The lowest BCUT2D eigenvalue weighted by molar-refractivity contribution is -0.140. The molecule has 1 rings (SSSR count). The van der Waals surface area contributed by atoms with Gasteiger partial charge in [-0.05, 0) is 18.1 Å². The lowest BCUT2D eigenvalue weighted by Crippen LogP contribution is -2.10. The van der Waals surface area contributed by atoms with E-state index in [9.17, 15) is 26.0 Å². The zero-order valence-corrected chi connectivity index (χ0v) is 9.29. The van der Waals surface area contributed by atoms with Crippen LogP contribution in [0.3, 0.4) is 0 Å². The highest BCUT2D eigenvalue weighted by molar-refractivity contribution is 7.95. The van der Waals surface area contributed by atoms with E-state index in [0.717, 1.165) is 18.4 Å². The van der Waals surface area contributed by atoms with Crippen LogP contribution < -0.4 is 0 Å². The third-order valence-corrected chi connectivity index (χ3v) is 2.14. The first-order valence-corrected chi connectivity index (χ1v) is 6.09. The molecule has 17 heavy (non-hydrogen) atoms. The van der Waals surface area contributed by atoms with Crippen molar-refractivity contribution in [3.05, 3.63) is 35.1 Å². The molecule has 0 radical (unpaired) electrons. The summed E-state index contributed by atoms with van der Waals surface area (Å²) in [5.41, 5.74) is -2.26. The van der Waals surface area contributed by atoms with E-state index < -0.39 is 33.0 Å². The van der Waals surface area contributed by atoms with E-state index in [-0.39, 0.29) is 0 Å². The maximum absolute atomic E-state index is 13.0. The number of hydrogen-bond donors (Lipinski definition) is 0. The van der Waals surface area contributed by atoms with Gasteiger partial charge in [-0.3, -0.25) is 0 Å². The standard InChI is InChI=1S/C10H6F4O2S/c1-17(15,16)6-5-7-3-2-4-8(11)9(7)10(12,13)14/h2-4H,1H3. The molecule has 0 amide bonds. The van der Waals surface area contributed by atoms with Crippen LogP contribution in [-0.2, 0) is 16.0 Å². The summed E-state index contributed by atoms with van der Waals surface area (Å²) in [6, 6.07) is 2.56. The molecular formula is C10H6F4O2S. The minimum Gasteiger partial charge on any atom is -0.216 e. The molecule has 92 valence electrons. The molecule has 0 saturated carbocycles. The molecule has 0 spiro atoms. The van der Waals surface area contributed by atoms with Gasteiger partial charge in [0.15, 0.2) is 0 Å². The van der Waals surface area contributed by atoms with E-state index in [2.05, 4.69) is 0 Å². The summed E-state index contributed by atoms with van der Waals surface area (Å²) in [6.45, 7) is 0. The summed E-state index contributed by atoms with van der Waals surface area (Å²) in [5.74, 6) is 0.314. The second kappa shape index (κ2) is 4.37. The number of hydrogen-bond acceptors (Lipinski definition) is 2. The SMILES string of the molecule is CS(=O)(=O)C#Cc1cccc(F)c1C(F)(F)F. The van der Waals surface area contributed by atoms with Gasteiger partial charge in [0, 0.05) is 10.8 Å². The predicted molar refractivity (Wildman–Crippen MR) is 53.1 cm³/mol. The number of rotatable bonds is 0. The zero-order valence-electron chi connectivity index (χ0n) is 8.47. The highest BCUT2D eigenvalue weighted by atomic mass is 32.2. The Morgan fingerprint density at radius 2 is 1.82 bits per heavy atom. The van der Waals surface area contributed by atoms with Crippen molar-refractivity contribution in [3.8, 4) is 11.2 Å². The first kappa shape index (κ1) is 13.5. The highest BCUT2D eigenvalue weighted by Crippen LogP contribution is 2.33. The van der Waals surface area contributed by atoms with Gasteiger partial charge in [-0.15, -0.1) is 0 Å². The van der Waals surface area contributed by atoms with Crippen LogP contribution in [0.4, 0.5) is 17.6 Å². The summed E-state index contributed by atoms with van der Waals surface area (Å²) >= 11 is 0. The molecule has 0 N–H and O–H groups in total. The van der Waals surface area contributed by atoms with Gasteiger partial charge < -0.3 is 0 Å². The Morgan fingerprint density at radius 1 is 1.24 bits per heavy atom. The van der Waals surface area contributed by atoms with Crippen molar-refractivity contribution < 1.29 is 26.0 Å². The molecule has 0 fully saturated rings. The van der Waals surface area contributed by atoms with E-state index >= 15 is 0 Å². The Hall–Kier alpha value is -1.55. The van der Waals surface area contributed by atoms with Crippen molar-refractivity contribution in [2.45, 2.75) is 6.18 Å². The van der Waals surface area contributed by atoms with Gasteiger partial charge in [0.25, 0.3) is 0 Å². The summed E-state index contributed by atoms with van der Waals surface area (Å²) in [4.78, 5) is 0. The normalized spacial score (nSPS) is 11.8. The fourth-order valence-corrected chi connectivity index (χ4v) is 1.36. The van der Waals surface area contributed by atoms with E-state index in [1.54, 1.807) is 11.2 Å². The van der Waals surface area contributed by atoms with Crippen LogP contribution in [-0.4, -0.2) is 14.7 Å². The summed E-state index contributed by atoms with van der Waals surface area (Å²) in [6.07, 6.45) is -4.18. The molecule has 7 heteroatoms. The van der Waals surface area contributed by atoms with Crippen molar-refractivity contribution in [1.82, 2.24) is 0 Å². The van der Waals surface area contributed by atoms with Gasteiger partial charge >= 0.3 is 6.18 Å². The molecule has 2 nitrogen and oxygen atoms in total. The third kappa shape index (κ3) is 3.75. The van der Waals surface area contributed by atoms with Gasteiger partial charge in [-0.1, -0.05) is 6.07 Å². The first-order chi connectivity index (χ1) is 7.61. The minimum atomic E-state index is -4.92. The van der Waals surface area contributed by atoms with Crippen molar-refractivity contribution in [2.24, 2.45) is 0 Å². The smallest absolute Gasteiger partial charge is 0.216 e. The Labute approximate surface area is 95.2 Å². The van der Waals surface area contributed by atoms with Crippen LogP contribution >= 0.6 is 0 Å². The molecule has 0 bridgehead atoms. The molecule has 1 aromatic rings. The van der Waals surface area contributed by atoms with Crippen LogP contribution in [0.2, 0.25) is 0 Å². The lowest BCUT2D eigenvalue weighted by atomic mass is 10.1. The first-order valence-electron chi connectivity index (χ1n) is 4.20. The minimum absolute atomic E-state index is 0.633. The summed E-state index contributed by atoms with van der Waals surface area (Å²) < 4.78 is 71.8. The highest BCUT2D eigenvalue weighted by Gasteiger charge is 2.36. The van der Waals surface area contributed by atoms with Crippen LogP contribution in [0.5, 0.6) is 0 Å². The molecule has 0 aliphatic heterocycles. The Bertz CT molecular complexity index is 591. The fourth-order valence-electron chi connectivity index (χ4n) is 1.06. The zero-order chi connectivity index (χ0) is 13.3. The maximum atomic E-state index is 13.0. The predicted octanol–water partition coefficient (Wildman–Crippen LogP) is 2.20. The maximum Gasteiger partial charge on any atom is 0.420 e. The van der Waals surface area contributed by atoms with E-state index in [1.807, 2.05) is 0 Å². The Kier molecular flexibility index (Phi) is 3.48. The van der Waals surface area contributed by atoms with Crippen molar-refractivity contribution in [2.75, 3.05) is 6.26 Å². The lowest BCUT2D eigenvalue weighted by Gasteiger charge is -2.09. The Balaban J connectivity index is 3.45. The molecule has 0 aliphatic carbocycles. The van der Waals surface area contributed by atoms with Crippen molar-refractivity contribution in [1.29, 1.82) is 0 Å². The molecule has 1 aromatic carbocycles. The van der Waals surface area contributed by atoms with E-state index in [4.69, 9.17) is 0 Å². The monoisotopic (exact) mass is 266 g/mol. The topological polar surface area (TPSA) is 34.1 Å². The molecule has 0 atom stereocenters. The largest absolute Gasteiger partial charge is 0.420 e. The van der Waals surface area contributed by atoms with Gasteiger partial charge in [-0.2, -0.15) is 13.2 Å². The average Bonchev–Trinajstić information content (AvgIpc) is 2.11.